The van der Waals surface area contributed by atoms with Gasteiger partial charge in [-0.05, 0) is 56.0 Å². The first-order valence-corrected chi connectivity index (χ1v) is 10.9. The van der Waals surface area contributed by atoms with Crippen LogP contribution in [0.2, 0.25) is 0 Å². The molecule has 180 valence electrons. The van der Waals surface area contributed by atoms with E-state index < -0.39 is 30.2 Å². The summed E-state index contributed by atoms with van der Waals surface area (Å²) in [4.78, 5) is 11.3. The number of phenols is 1. The minimum absolute atomic E-state index is 0.104. The number of aromatic hydroxyl groups is 1. The smallest absolute Gasteiger partial charge is 0.229 e. The van der Waals surface area contributed by atoms with Gasteiger partial charge < -0.3 is 34.8 Å². The fraction of sp³-hybridized carbons (Fsp3) is 0.480. The predicted octanol–water partition coefficient (Wildman–Crippen LogP) is 2.30. The molecule has 8 heteroatoms. The van der Waals surface area contributed by atoms with Crippen LogP contribution in [0.5, 0.6) is 11.5 Å². The number of carbonyl (C=O) groups excluding carboxylic acids is 1. The van der Waals surface area contributed by atoms with Crippen molar-refractivity contribution in [1.29, 1.82) is 0 Å². The largest absolute Gasteiger partial charge is 0.504 e. The molecule has 1 fully saturated rings. The standard InChI is InChI=1S/C25H33NO7/c1-14-7-6-8-16(11-14)18-13-19(28)20(12-17(18)9-10-26-15(2)27)32-24-22(30)21(29)23(31-5)25(3,4)33-24/h6-8,11-13,21-24,28-30H,9-10H2,1-5H3,(H,26,27)/t21-,22+,23+,24+/m0/s1. The number of carbonyl (C=O) groups is 1. The number of amides is 1. The monoisotopic (exact) mass is 459 g/mol. The van der Waals surface area contributed by atoms with Gasteiger partial charge >= 0.3 is 0 Å². The van der Waals surface area contributed by atoms with Crippen LogP contribution in [-0.2, 0) is 20.7 Å². The van der Waals surface area contributed by atoms with Gasteiger partial charge in [0.1, 0.15) is 18.3 Å². The fourth-order valence-electron chi connectivity index (χ4n) is 4.20. The Balaban J connectivity index is 1.94. The molecular weight excluding hydrogens is 426 g/mol. The molecule has 8 nitrogen and oxygen atoms in total. The zero-order chi connectivity index (χ0) is 24.3. The van der Waals surface area contributed by atoms with E-state index in [4.69, 9.17) is 14.2 Å². The number of aryl methyl sites for hydroxylation is 1. The lowest BCUT2D eigenvalue weighted by Crippen LogP contribution is -2.63. The molecule has 1 saturated heterocycles. The molecular formula is C25H33NO7. The summed E-state index contributed by atoms with van der Waals surface area (Å²) < 4.78 is 17.0. The van der Waals surface area contributed by atoms with Crippen LogP contribution in [0.25, 0.3) is 11.1 Å². The van der Waals surface area contributed by atoms with E-state index >= 15 is 0 Å². The molecule has 0 saturated carbocycles. The molecule has 1 aliphatic heterocycles. The van der Waals surface area contributed by atoms with Crippen LogP contribution in [0.15, 0.2) is 36.4 Å². The summed E-state index contributed by atoms with van der Waals surface area (Å²) >= 11 is 0. The van der Waals surface area contributed by atoms with Gasteiger partial charge in [-0.3, -0.25) is 4.79 Å². The van der Waals surface area contributed by atoms with Crippen molar-refractivity contribution in [3.8, 4) is 22.6 Å². The maximum atomic E-state index is 11.3. The Morgan fingerprint density at radius 3 is 2.55 bits per heavy atom. The first-order chi connectivity index (χ1) is 15.5. The molecule has 4 atom stereocenters. The van der Waals surface area contributed by atoms with Gasteiger partial charge in [0.2, 0.25) is 12.2 Å². The molecule has 2 aromatic carbocycles. The molecule has 0 radical (unpaired) electrons. The molecule has 0 unspecified atom stereocenters. The quantitative estimate of drug-likeness (QED) is 0.502. The van der Waals surface area contributed by atoms with Crippen molar-refractivity contribution in [2.75, 3.05) is 13.7 Å². The molecule has 0 aliphatic carbocycles. The van der Waals surface area contributed by atoms with Crippen molar-refractivity contribution in [1.82, 2.24) is 5.32 Å². The zero-order valence-corrected chi connectivity index (χ0v) is 19.7. The average molecular weight is 460 g/mol. The minimum Gasteiger partial charge on any atom is -0.504 e. The number of nitrogens with one attached hydrogen (secondary N) is 1. The van der Waals surface area contributed by atoms with E-state index in [0.29, 0.717) is 13.0 Å². The van der Waals surface area contributed by atoms with E-state index in [1.807, 2.05) is 31.2 Å². The second-order valence-electron chi connectivity index (χ2n) is 8.92. The number of rotatable bonds is 7. The normalized spacial score (nSPS) is 24.3. The summed E-state index contributed by atoms with van der Waals surface area (Å²) in [5.74, 6) is -0.163. The summed E-state index contributed by atoms with van der Waals surface area (Å²) in [6.07, 6.45) is -4.11. The van der Waals surface area contributed by atoms with Gasteiger partial charge in [0.25, 0.3) is 0 Å². The lowest BCUT2D eigenvalue weighted by atomic mass is 9.89. The van der Waals surface area contributed by atoms with Crippen LogP contribution >= 0.6 is 0 Å². The molecule has 0 spiro atoms. The highest BCUT2D eigenvalue weighted by molar-refractivity contribution is 5.73. The van der Waals surface area contributed by atoms with Crippen LogP contribution in [0.1, 0.15) is 31.9 Å². The Hall–Kier alpha value is -2.65. The third-order valence-corrected chi connectivity index (χ3v) is 5.82. The topological polar surface area (TPSA) is 117 Å². The number of methoxy groups -OCH3 is 1. The van der Waals surface area contributed by atoms with E-state index in [9.17, 15) is 20.1 Å². The van der Waals surface area contributed by atoms with Crippen LogP contribution in [0.3, 0.4) is 0 Å². The zero-order valence-electron chi connectivity index (χ0n) is 19.7. The number of hydrogen-bond acceptors (Lipinski definition) is 7. The maximum Gasteiger partial charge on any atom is 0.229 e. The number of benzene rings is 2. The van der Waals surface area contributed by atoms with Gasteiger partial charge in [-0.25, -0.2) is 0 Å². The average Bonchev–Trinajstić information content (AvgIpc) is 2.73. The van der Waals surface area contributed by atoms with Crippen LogP contribution < -0.4 is 10.1 Å². The Morgan fingerprint density at radius 2 is 1.91 bits per heavy atom. The third kappa shape index (κ3) is 5.65. The minimum atomic E-state index is -1.39. The summed E-state index contributed by atoms with van der Waals surface area (Å²) in [6, 6.07) is 11.1. The Bertz CT molecular complexity index is 991. The number of hydrogen-bond donors (Lipinski definition) is 4. The van der Waals surface area contributed by atoms with E-state index in [1.165, 1.54) is 14.0 Å². The van der Waals surface area contributed by atoms with Gasteiger partial charge in [-0.2, -0.15) is 0 Å². The fourth-order valence-corrected chi connectivity index (χ4v) is 4.20. The van der Waals surface area contributed by atoms with Gasteiger partial charge in [0.15, 0.2) is 11.5 Å². The van der Waals surface area contributed by atoms with Crippen LogP contribution in [0, 0.1) is 6.92 Å². The third-order valence-electron chi connectivity index (χ3n) is 5.82. The van der Waals surface area contributed by atoms with E-state index in [2.05, 4.69) is 5.32 Å². The van der Waals surface area contributed by atoms with Gasteiger partial charge in [0.05, 0.1) is 5.60 Å². The van der Waals surface area contributed by atoms with E-state index in [1.54, 1.807) is 26.0 Å². The van der Waals surface area contributed by atoms with Crippen molar-refractivity contribution < 1.29 is 34.3 Å². The highest BCUT2D eigenvalue weighted by Crippen LogP contribution is 2.39. The Kier molecular flexibility index (Phi) is 7.64. The first kappa shape index (κ1) is 25.0. The van der Waals surface area contributed by atoms with Crippen molar-refractivity contribution in [3.05, 3.63) is 47.5 Å². The molecule has 1 aliphatic rings. The SMILES string of the molecule is CO[C@@H]1[C@@H](O)[C@@H](O)[C@H](Oc2cc(CCNC(C)=O)c(-c3cccc(C)c3)cc2O)OC1(C)C. The van der Waals surface area contributed by atoms with Gasteiger partial charge in [0, 0.05) is 20.6 Å². The Labute approximate surface area is 194 Å². The summed E-state index contributed by atoms with van der Waals surface area (Å²) in [6.45, 7) is 7.30. The molecule has 1 heterocycles. The first-order valence-electron chi connectivity index (χ1n) is 10.9. The molecule has 2 aromatic rings. The molecule has 0 aromatic heterocycles. The number of aliphatic hydroxyl groups excluding tert-OH is 2. The van der Waals surface area contributed by atoms with Gasteiger partial charge in [-0.15, -0.1) is 0 Å². The van der Waals surface area contributed by atoms with Gasteiger partial charge in [-0.1, -0.05) is 29.8 Å². The highest BCUT2D eigenvalue weighted by Gasteiger charge is 2.50. The summed E-state index contributed by atoms with van der Waals surface area (Å²) in [5, 5.41) is 34.6. The van der Waals surface area contributed by atoms with Crippen molar-refractivity contribution in [3.63, 3.8) is 0 Å². The maximum absolute atomic E-state index is 11.3. The molecule has 0 bridgehead atoms. The lowest BCUT2D eigenvalue weighted by molar-refractivity contribution is -0.306. The predicted molar refractivity (Wildman–Crippen MR) is 123 cm³/mol. The molecule has 33 heavy (non-hydrogen) atoms. The van der Waals surface area contributed by atoms with Crippen LogP contribution in [-0.4, -0.2) is 65.1 Å². The van der Waals surface area contributed by atoms with E-state index in [-0.39, 0.29) is 17.4 Å². The second kappa shape index (κ2) is 10.1. The second-order valence-corrected chi connectivity index (χ2v) is 8.92. The van der Waals surface area contributed by atoms with Crippen molar-refractivity contribution >= 4 is 5.91 Å². The van der Waals surface area contributed by atoms with Crippen molar-refractivity contribution in [2.24, 2.45) is 0 Å². The summed E-state index contributed by atoms with van der Waals surface area (Å²) in [7, 11) is 1.43. The number of aliphatic hydroxyl groups is 2. The molecule has 3 rings (SSSR count). The summed E-state index contributed by atoms with van der Waals surface area (Å²) in [5.41, 5.74) is 2.69. The lowest BCUT2D eigenvalue weighted by Gasteiger charge is -2.46. The number of phenolic OH excluding ortho intramolecular Hbond substituents is 1. The molecule has 4 N–H and O–H groups in total. The van der Waals surface area contributed by atoms with E-state index in [0.717, 1.165) is 22.3 Å². The van der Waals surface area contributed by atoms with Crippen LogP contribution in [0.4, 0.5) is 0 Å². The Morgan fingerprint density at radius 1 is 1.18 bits per heavy atom. The highest BCUT2D eigenvalue weighted by atomic mass is 16.7. The number of ether oxygens (including phenoxy) is 3. The van der Waals surface area contributed by atoms with Crippen molar-refractivity contribution in [2.45, 2.75) is 64.3 Å². The molecule has 1 amide bonds.